The number of likely N-dealkylation sites (tertiary alicyclic amines) is 1. The van der Waals surface area contributed by atoms with Gasteiger partial charge in [-0.1, -0.05) is 48.3 Å². The Hall–Kier alpha value is -1.99. The summed E-state index contributed by atoms with van der Waals surface area (Å²) in [4.78, 5) is 27.4. The maximum atomic E-state index is 12.9. The molecule has 1 N–H and O–H groups in total. The SMILES string of the molecule is O=C(Nc1cccc(Cl)c1)c1nnc(C2CCCN(C(=O)C3CCCCC3)C2)s1. The van der Waals surface area contributed by atoms with Crippen LogP contribution in [0.3, 0.4) is 0 Å². The maximum absolute atomic E-state index is 12.9. The zero-order valence-corrected chi connectivity index (χ0v) is 17.8. The fourth-order valence-electron chi connectivity index (χ4n) is 4.23. The Bertz CT molecular complexity index is 881. The smallest absolute Gasteiger partial charge is 0.286 e. The topological polar surface area (TPSA) is 75.2 Å². The third-order valence-corrected chi connectivity index (χ3v) is 7.07. The van der Waals surface area contributed by atoms with Crippen LogP contribution in [-0.2, 0) is 4.79 Å². The summed E-state index contributed by atoms with van der Waals surface area (Å²) in [6, 6.07) is 7.01. The Labute approximate surface area is 179 Å². The molecule has 1 atom stereocenters. The van der Waals surface area contributed by atoms with Crippen LogP contribution in [0.25, 0.3) is 0 Å². The molecule has 6 nitrogen and oxygen atoms in total. The Morgan fingerprint density at radius 1 is 1.10 bits per heavy atom. The van der Waals surface area contributed by atoms with Crippen molar-refractivity contribution in [2.24, 2.45) is 5.92 Å². The van der Waals surface area contributed by atoms with Crippen molar-refractivity contribution in [2.45, 2.75) is 50.9 Å². The number of carbonyl (C=O) groups excluding carboxylic acids is 2. The fraction of sp³-hybridized carbons (Fsp3) is 0.524. The van der Waals surface area contributed by atoms with E-state index in [-0.39, 0.29) is 17.7 Å². The molecule has 1 saturated carbocycles. The molecule has 2 fully saturated rings. The van der Waals surface area contributed by atoms with Crippen molar-refractivity contribution in [3.05, 3.63) is 39.3 Å². The number of piperidine rings is 1. The van der Waals surface area contributed by atoms with E-state index in [4.69, 9.17) is 11.6 Å². The molecule has 29 heavy (non-hydrogen) atoms. The molecule has 2 amide bonds. The molecule has 4 rings (SSSR count). The summed E-state index contributed by atoms with van der Waals surface area (Å²) in [6.45, 7) is 1.51. The van der Waals surface area contributed by atoms with E-state index in [9.17, 15) is 9.59 Å². The van der Waals surface area contributed by atoms with Gasteiger partial charge in [-0.15, -0.1) is 10.2 Å². The van der Waals surface area contributed by atoms with Crippen molar-refractivity contribution in [3.8, 4) is 0 Å². The van der Waals surface area contributed by atoms with Gasteiger partial charge in [-0.05, 0) is 43.9 Å². The van der Waals surface area contributed by atoms with E-state index >= 15 is 0 Å². The van der Waals surface area contributed by atoms with E-state index in [1.54, 1.807) is 24.3 Å². The van der Waals surface area contributed by atoms with Crippen LogP contribution in [0.1, 0.15) is 65.7 Å². The van der Waals surface area contributed by atoms with E-state index in [1.165, 1.54) is 17.8 Å². The van der Waals surface area contributed by atoms with Crippen molar-refractivity contribution in [3.63, 3.8) is 0 Å². The first-order chi connectivity index (χ1) is 14.1. The first-order valence-electron chi connectivity index (χ1n) is 10.3. The van der Waals surface area contributed by atoms with Gasteiger partial charge in [0, 0.05) is 35.6 Å². The highest BCUT2D eigenvalue weighted by Gasteiger charge is 2.32. The van der Waals surface area contributed by atoms with Crippen LogP contribution in [0.2, 0.25) is 5.02 Å². The molecule has 0 bridgehead atoms. The molecule has 1 saturated heterocycles. The second kappa shape index (κ2) is 9.22. The highest BCUT2D eigenvalue weighted by atomic mass is 35.5. The number of rotatable bonds is 4. The van der Waals surface area contributed by atoms with Crippen LogP contribution < -0.4 is 5.32 Å². The van der Waals surface area contributed by atoms with Gasteiger partial charge in [0.15, 0.2) is 0 Å². The number of anilines is 1. The number of aromatic nitrogens is 2. The van der Waals surface area contributed by atoms with Gasteiger partial charge in [0.1, 0.15) is 5.01 Å². The Kier molecular flexibility index (Phi) is 6.45. The average Bonchev–Trinajstić information content (AvgIpc) is 3.25. The molecular weight excluding hydrogens is 408 g/mol. The monoisotopic (exact) mass is 432 g/mol. The lowest BCUT2D eigenvalue weighted by molar-refractivity contribution is -0.137. The third kappa shape index (κ3) is 4.95. The van der Waals surface area contributed by atoms with Crippen LogP contribution in [0.4, 0.5) is 5.69 Å². The second-order valence-corrected chi connectivity index (χ2v) is 9.31. The van der Waals surface area contributed by atoms with E-state index in [0.29, 0.717) is 28.2 Å². The number of halogens is 1. The summed E-state index contributed by atoms with van der Waals surface area (Å²) in [7, 11) is 0. The molecule has 8 heteroatoms. The highest BCUT2D eigenvalue weighted by Crippen LogP contribution is 2.32. The van der Waals surface area contributed by atoms with Crippen LogP contribution >= 0.6 is 22.9 Å². The predicted octanol–water partition coefficient (Wildman–Crippen LogP) is 4.73. The number of benzene rings is 1. The van der Waals surface area contributed by atoms with Gasteiger partial charge < -0.3 is 10.2 Å². The highest BCUT2D eigenvalue weighted by molar-refractivity contribution is 7.13. The van der Waals surface area contributed by atoms with Gasteiger partial charge in [0.05, 0.1) is 0 Å². The lowest BCUT2D eigenvalue weighted by Crippen LogP contribution is -2.42. The molecule has 1 aromatic carbocycles. The van der Waals surface area contributed by atoms with Crippen LogP contribution in [0.15, 0.2) is 24.3 Å². The number of carbonyl (C=O) groups is 2. The van der Waals surface area contributed by atoms with Gasteiger partial charge in [-0.3, -0.25) is 9.59 Å². The van der Waals surface area contributed by atoms with Crippen molar-refractivity contribution >= 4 is 40.4 Å². The minimum absolute atomic E-state index is 0.154. The Morgan fingerprint density at radius 3 is 2.72 bits per heavy atom. The molecule has 2 heterocycles. The van der Waals surface area contributed by atoms with E-state index in [2.05, 4.69) is 15.5 Å². The summed E-state index contributed by atoms with van der Waals surface area (Å²) in [6.07, 6.45) is 7.55. The molecule has 1 unspecified atom stereocenters. The average molecular weight is 433 g/mol. The van der Waals surface area contributed by atoms with E-state index in [0.717, 1.165) is 50.1 Å². The molecule has 1 aromatic heterocycles. The number of hydrogen-bond acceptors (Lipinski definition) is 5. The first-order valence-corrected chi connectivity index (χ1v) is 11.5. The van der Waals surface area contributed by atoms with Crippen LogP contribution in [0.5, 0.6) is 0 Å². The van der Waals surface area contributed by atoms with Gasteiger partial charge in [0.25, 0.3) is 5.91 Å². The van der Waals surface area contributed by atoms with Crippen LogP contribution in [0, 0.1) is 5.92 Å². The minimum atomic E-state index is -0.290. The molecular formula is C21H25ClN4O2S. The van der Waals surface area contributed by atoms with Gasteiger partial charge in [-0.2, -0.15) is 0 Å². The molecule has 1 aliphatic heterocycles. The number of nitrogens with zero attached hydrogens (tertiary/aromatic N) is 3. The van der Waals surface area contributed by atoms with Crippen molar-refractivity contribution in [1.29, 1.82) is 0 Å². The van der Waals surface area contributed by atoms with Gasteiger partial charge in [0.2, 0.25) is 10.9 Å². The Morgan fingerprint density at radius 2 is 1.93 bits per heavy atom. The molecule has 0 radical (unpaired) electrons. The maximum Gasteiger partial charge on any atom is 0.286 e. The van der Waals surface area contributed by atoms with Crippen molar-refractivity contribution < 1.29 is 9.59 Å². The zero-order valence-electron chi connectivity index (χ0n) is 16.3. The first kappa shape index (κ1) is 20.3. The molecule has 2 aliphatic rings. The third-order valence-electron chi connectivity index (χ3n) is 5.75. The van der Waals surface area contributed by atoms with E-state index < -0.39 is 0 Å². The molecule has 154 valence electrons. The standard InChI is InChI=1S/C21H25ClN4O2S/c22-16-9-4-10-17(12-16)23-18(27)20-25-24-19(29-20)15-8-5-11-26(13-15)21(28)14-6-2-1-3-7-14/h4,9-10,12,14-15H,1-3,5-8,11,13H2,(H,23,27). The minimum Gasteiger partial charge on any atom is -0.342 e. The summed E-state index contributed by atoms with van der Waals surface area (Å²) < 4.78 is 0. The largest absolute Gasteiger partial charge is 0.342 e. The summed E-state index contributed by atoms with van der Waals surface area (Å²) in [5.74, 6) is 0.359. The van der Waals surface area contributed by atoms with Gasteiger partial charge >= 0.3 is 0 Å². The number of amides is 2. The van der Waals surface area contributed by atoms with Crippen LogP contribution in [-0.4, -0.2) is 40.0 Å². The summed E-state index contributed by atoms with van der Waals surface area (Å²) in [5.41, 5.74) is 0.626. The lowest BCUT2D eigenvalue weighted by atomic mass is 9.87. The Balaban J connectivity index is 1.39. The molecule has 1 aliphatic carbocycles. The number of nitrogens with one attached hydrogen (secondary N) is 1. The summed E-state index contributed by atoms with van der Waals surface area (Å²) >= 11 is 7.28. The number of hydrogen-bond donors (Lipinski definition) is 1. The zero-order chi connectivity index (χ0) is 20.2. The van der Waals surface area contributed by atoms with E-state index in [1.807, 2.05) is 4.90 Å². The lowest BCUT2D eigenvalue weighted by Gasteiger charge is -2.35. The fourth-order valence-corrected chi connectivity index (χ4v) is 5.28. The normalized spacial score (nSPS) is 20.4. The van der Waals surface area contributed by atoms with Gasteiger partial charge in [-0.25, -0.2) is 0 Å². The quantitative estimate of drug-likeness (QED) is 0.757. The molecule has 0 spiro atoms. The molecule has 2 aromatic rings. The van der Waals surface area contributed by atoms with Crippen molar-refractivity contribution in [2.75, 3.05) is 18.4 Å². The summed E-state index contributed by atoms with van der Waals surface area (Å²) in [5, 5.41) is 12.9. The second-order valence-electron chi connectivity index (χ2n) is 7.87. The van der Waals surface area contributed by atoms with Crippen molar-refractivity contribution in [1.82, 2.24) is 15.1 Å². The predicted molar refractivity (Wildman–Crippen MR) is 114 cm³/mol.